The molecule has 100 valence electrons. The molecule has 1 N–H and O–H groups in total. The highest BCUT2D eigenvalue weighted by Gasteiger charge is 1.97. The summed E-state index contributed by atoms with van der Waals surface area (Å²) in [6.45, 7) is 0. The molecule has 0 aromatic heterocycles. The van der Waals surface area contributed by atoms with E-state index in [1.807, 2.05) is 61.1 Å². The first kappa shape index (κ1) is 13.0. The minimum absolute atomic E-state index is 0.973. The van der Waals surface area contributed by atoms with Gasteiger partial charge >= 0.3 is 12.3 Å². The van der Waals surface area contributed by atoms with E-state index in [-0.39, 0.29) is 0 Å². The van der Waals surface area contributed by atoms with Crippen molar-refractivity contribution in [1.82, 2.24) is 5.32 Å². The third-order valence-electron chi connectivity index (χ3n) is 3.16. The zero-order valence-electron chi connectivity index (χ0n) is 11.5. The molecule has 0 unspecified atom stereocenters. The zero-order chi connectivity index (χ0) is 14.3. The van der Waals surface area contributed by atoms with Crippen molar-refractivity contribution >= 4 is 11.8 Å². The van der Waals surface area contributed by atoms with Crippen LogP contribution in [0.25, 0.3) is 16.6 Å². The van der Waals surface area contributed by atoms with Crippen molar-refractivity contribution in [3.63, 3.8) is 0 Å². The Kier molecular flexibility index (Phi) is 3.95. The third kappa shape index (κ3) is 3.29. The lowest BCUT2D eigenvalue weighted by molar-refractivity contribution is 1.18. The number of hydrogen-bond donors (Lipinski definition) is 1. The van der Waals surface area contributed by atoms with E-state index in [1.165, 1.54) is 0 Å². The summed E-state index contributed by atoms with van der Waals surface area (Å²) in [4.78, 5) is 4.32. The summed E-state index contributed by atoms with van der Waals surface area (Å²) in [5.74, 6) is 0. The fraction of sp³-hybridized carbons (Fsp3) is 0. The number of nitrogens with one attached hydrogen (secondary N) is 1. The molecule has 1 aliphatic rings. The predicted octanol–water partition coefficient (Wildman–Crippen LogP) is 2.59. The lowest BCUT2D eigenvalue weighted by Crippen LogP contribution is -2.25. The average Bonchev–Trinajstić information content (AvgIpc) is 2.57. The van der Waals surface area contributed by atoms with E-state index >= 15 is 0 Å². The standard InChI is InChI=1S/C19H15N2/c1-2-6-16(7-3-1)14-21-15-18-8-4-5-9-19(18)17-10-12-20-13-11-17/h1-13,15,20H/q+1/b18-15-. The van der Waals surface area contributed by atoms with Crippen molar-refractivity contribution in [2.75, 3.05) is 0 Å². The first-order chi connectivity index (χ1) is 10.4. The largest absolute Gasteiger partial charge is 0.368 e. The van der Waals surface area contributed by atoms with Gasteiger partial charge in [0, 0.05) is 12.4 Å². The van der Waals surface area contributed by atoms with Gasteiger partial charge in [-0.2, -0.15) is 0 Å². The van der Waals surface area contributed by atoms with Gasteiger partial charge in [0.05, 0.1) is 5.22 Å². The number of hydrogen-bond acceptors (Lipinski definition) is 1. The van der Waals surface area contributed by atoms with E-state index in [0.29, 0.717) is 0 Å². The van der Waals surface area contributed by atoms with E-state index in [1.54, 1.807) is 0 Å². The maximum atomic E-state index is 4.32. The number of rotatable bonds is 0. The Labute approximate surface area is 123 Å². The van der Waals surface area contributed by atoms with E-state index in [9.17, 15) is 0 Å². The Morgan fingerprint density at radius 2 is 1.57 bits per heavy atom. The van der Waals surface area contributed by atoms with Crippen LogP contribution in [0.4, 0.5) is 0 Å². The molecule has 0 saturated heterocycles. The lowest BCUT2D eigenvalue weighted by Gasteiger charge is -2.01. The fourth-order valence-electron chi connectivity index (χ4n) is 2.13. The van der Waals surface area contributed by atoms with E-state index < -0.39 is 0 Å². The van der Waals surface area contributed by atoms with Gasteiger partial charge in [-0.25, -0.2) is 0 Å². The van der Waals surface area contributed by atoms with Crippen LogP contribution in [0.1, 0.15) is 5.56 Å². The highest BCUT2D eigenvalue weighted by atomic mass is 14.8. The van der Waals surface area contributed by atoms with Gasteiger partial charge < -0.3 is 5.32 Å². The molecule has 0 aliphatic carbocycles. The Morgan fingerprint density at radius 3 is 2.38 bits per heavy atom. The van der Waals surface area contributed by atoms with Crippen molar-refractivity contribution in [2.45, 2.75) is 0 Å². The molecule has 1 heterocycles. The summed E-state index contributed by atoms with van der Waals surface area (Å²) >= 11 is 0. The van der Waals surface area contributed by atoms with Gasteiger partial charge in [-0.15, -0.1) is 0 Å². The minimum atomic E-state index is 0.973. The first-order valence-electron chi connectivity index (χ1n) is 6.83. The lowest BCUT2D eigenvalue weighted by atomic mass is 10.1. The van der Waals surface area contributed by atoms with Crippen LogP contribution in [0.5, 0.6) is 0 Å². The molecular formula is C19H15N2+. The molecule has 0 bridgehead atoms. The molecule has 2 aromatic carbocycles. The predicted molar refractivity (Wildman–Crippen MR) is 87.8 cm³/mol. The van der Waals surface area contributed by atoms with E-state index in [0.717, 1.165) is 21.6 Å². The average molecular weight is 271 g/mol. The maximum Gasteiger partial charge on any atom is 0.319 e. The molecule has 1 aliphatic heterocycles. The van der Waals surface area contributed by atoms with Crippen LogP contribution in [-0.4, -0.2) is 0 Å². The molecule has 3 rings (SSSR count). The van der Waals surface area contributed by atoms with E-state index in [2.05, 4.69) is 40.5 Å². The number of allylic oxidation sites excluding steroid dienone is 2. The number of nitrogens with zero attached hydrogens (tertiary/aromatic N) is 1. The smallest absolute Gasteiger partial charge is 0.319 e. The van der Waals surface area contributed by atoms with Gasteiger partial charge in [0.25, 0.3) is 0 Å². The monoisotopic (exact) mass is 271 g/mol. The first-order valence-corrected chi connectivity index (χ1v) is 6.83. The quantitative estimate of drug-likeness (QED) is 0.779. The van der Waals surface area contributed by atoms with Gasteiger partial charge in [0.2, 0.25) is 0 Å². The second-order valence-electron chi connectivity index (χ2n) is 4.61. The molecule has 2 heteroatoms. The minimum Gasteiger partial charge on any atom is -0.368 e. The normalized spacial score (nSPS) is 13.5. The van der Waals surface area contributed by atoms with Crippen molar-refractivity contribution in [2.24, 2.45) is 0 Å². The SMILES string of the molecule is C(#[N+]/C=c1/ccccc1=C1C=CNC=C1)c1ccccc1. The molecule has 0 spiro atoms. The fourth-order valence-corrected chi connectivity index (χ4v) is 2.13. The van der Waals surface area contributed by atoms with Crippen LogP contribution < -0.4 is 15.8 Å². The van der Waals surface area contributed by atoms with Crippen LogP contribution in [0.3, 0.4) is 0 Å². The van der Waals surface area contributed by atoms with Gasteiger partial charge in [0.15, 0.2) is 0 Å². The summed E-state index contributed by atoms with van der Waals surface area (Å²) in [6, 6.07) is 21.1. The van der Waals surface area contributed by atoms with Gasteiger partial charge in [-0.05, 0) is 46.0 Å². The van der Waals surface area contributed by atoms with Gasteiger partial charge in [-0.3, -0.25) is 0 Å². The highest BCUT2D eigenvalue weighted by Crippen LogP contribution is 2.00. The molecular weight excluding hydrogens is 256 g/mol. The molecule has 21 heavy (non-hydrogen) atoms. The molecule has 0 saturated carbocycles. The Balaban J connectivity index is 2.07. The molecule has 0 amide bonds. The molecule has 0 radical (unpaired) electrons. The van der Waals surface area contributed by atoms with Crippen LogP contribution in [0, 0.1) is 6.07 Å². The second-order valence-corrected chi connectivity index (χ2v) is 4.61. The van der Waals surface area contributed by atoms with Crippen molar-refractivity contribution in [3.05, 3.63) is 100.0 Å². The van der Waals surface area contributed by atoms with Crippen molar-refractivity contribution < 1.29 is 0 Å². The van der Waals surface area contributed by atoms with Crippen molar-refractivity contribution in [1.29, 1.82) is 0 Å². The summed E-state index contributed by atoms with van der Waals surface area (Å²) in [7, 11) is 0. The summed E-state index contributed by atoms with van der Waals surface area (Å²) in [5, 5.41) is 5.27. The summed E-state index contributed by atoms with van der Waals surface area (Å²) < 4.78 is 0. The maximum absolute atomic E-state index is 4.32. The molecule has 2 nitrogen and oxygen atoms in total. The number of dihydropyridines is 1. The van der Waals surface area contributed by atoms with Crippen molar-refractivity contribution in [3.8, 4) is 6.07 Å². The van der Waals surface area contributed by atoms with Crippen LogP contribution >= 0.6 is 0 Å². The Morgan fingerprint density at radius 1 is 0.857 bits per heavy atom. The summed E-state index contributed by atoms with van der Waals surface area (Å²) in [6.07, 6.45) is 9.80. The van der Waals surface area contributed by atoms with Crippen LogP contribution in [-0.2, 0) is 0 Å². The highest BCUT2D eigenvalue weighted by molar-refractivity contribution is 5.68. The second kappa shape index (κ2) is 6.40. The van der Waals surface area contributed by atoms with Crippen LogP contribution in [0.15, 0.2) is 79.1 Å². The zero-order valence-corrected chi connectivity index (χ0v) is 11.5. The molecule has 0 atom stereocenters. The van der Waals surface area contributed by atoms with E-state index in [4.69, 9.17) is 0 Å². The Hall–Kier alpha value is -3.05. The summed E-state index contributed by atoms with van der Waals surface area (Å²) in [5.41, 5.74) is 2.14. The Bertz CT molecular complexity index is 849. The molecule has 2 aromatic rings. The third-order valence-corrected chi connectivity index (χ3v) is 3.16. The number of benzene rings is 2. The topological polar surface area (TPSA) is 16.4 Å². The van der Waals surface area contributed by atoms with Gasteiger partial charge in [-0.1, -0.05) is 36.4 Å². The van der Waals surface area contributed by atoms with Crippen LogP contribution in [0.2, 0.25) is 0 Å². The van der Waals surface area contributed by atoms with Gasteiger partial charge in [0.1, 0.15) is 5.56 Å². The molecule has 0 fully saturated rings.